The molecule has 6 heteroatoms. The zero-order valence-corrected chi connectivity index (χ0v) is 8.23. The minimum absolute atomic E-state index is 0.253. The molecule has 2 N–H and O–H groups in total. The zero-order valence-electron chi connectivity index (χ0n) is 8.23. The molecule has 0 aromatic rings. The van der Waals surface area contributed by atoms with Gasteiger partial charge in [-0.2, -0.15) is 0 Å². The number of hydrogen-bond donors (Lipinski definition) is 2. The molecule has 0 saturated heterocycles. The predicted octanol–water partition coefficient (Wildman–Crippen LogP) is 0.424. The van der Waals surface area contributed by atoms with Crippen molar-refractivity contribution in [2.45, 2.75) is 25.4 Å². The molecule has 15 heavy (non-hydrogen) atoms. The molecule has 0 aliphatic rings. The minimum Gasteiger partial charge on any atom is -0.478 e. The van der Waals surface area contributed by atoms with Crippen LogP contribution in [0.1, 0.15) is 19.8 Å². The van der Waals surface area contributed by atoms with Gasteiger partial charge in [-0.05, 0) is 0 Å². The number of aliphatic carboxylic acids is 2. The molecule has 0 bridgehead atoms. The molecule has 0 radical (unpaired) electrons. The zero-order chi connectivity index (χ0) is 12.1. The van der Waals surface area contributed by atoms with E-state index in [-0.39, 0.29) is 12.8 Å². The monoisotopic (exact) mass is 216 g/mol. The van der Waals surface area contributed by atoms with Crippen LogP contribution in [0.5, 0.6) is 0 Å². The lowest BCUT2D eigenvalue weighted by atomic mass is 9.98. The molecular weight excluding hydrogens is 204 g/mol. The van der Waals surface area contributed by atoms with Crippen molar-refractivity contribution < 1.29 is 29.3 Å². The fraction of sp³-hybridized carbons (Fsp3) is 0.444. The molecule has 0 amide bonds. The summed E-state index contributed by atoms with van der Waals surface area (Å²) in [5.41, 5.74) is -2.51. The minimum atomic E-state index is -2.51. The van der Waals surface area contributed by atoms with E-state index in [0.29, 0.717) is 0 Å². The number of rotatable bonds is 6. The van der Waals surface area contributed by atoms with Crippen molar-refractivity contribution in [3.63, 3.8) is 0 Å². The Kier molecular flexibility index (Phi) is 4.50. The second-order valence-corrected chi connectivity index (χ2v) is 2.81. The van der Waals surface area contributed by atoms with E-state index in [2.05, 4.69) is 11.3 Å². The molecule has 0 rings (SSSR count). The Balaban J connectivity index is 5.12. The third kappa shape index (κ3) is 2.80. The third-order valence-electron chi connectivity index (χ3n) is 1.73. The maximum atomic E-state index is 10.8. The van der Waals surface area contributed by atoms with Crippen LogP contribution < -0.4 is 0 Å². The Morgan fingerprint density at radius 3 is 2.07 bits per heavy atom. The molecule has 0 aromatic heterocycles. The first-order valence-corrected chi connectivity index (χ1v) is 4.23. The maximum absolute atomic E-state index is 10.8. The molecule has 0 aromatic carbocycles. The number of esters is 1. The van der Waals surface area contributed by atoms with E-state index < -0.39 is 23.5 Å². The van der Waals surface area contributed by atoms with Crippen LogP contribution in [-0.4, -0.2) is 33.7 Å². The van der Waals surface area contributed by atoms with E-state index in [1.54, 1.807) is 6.92 Å². The summed E-state index contributed by atoms with van der Waals surface area (Å²) in [6.45, 7) is 4.65. The molecule has 0 heterocycles. The van der Waals surface area contributed by atoms with Gasteiger partial charge in [-0.1, -0.05) is 19.9 Å². The average Bonchev–Trinajstić information content (AvgIpc) is 2.15. The summed E-state index contributed by atoms with van der Waals surface area (Å²) >= 11 is 0. The number of carboxylic acids is 2. The van der Waals surface area contributed by atoms with E-state index in [9.17, 15) is 14.4 Å². The van der Waals surface area contributed by atoms with Gasteiger partial charge in [0.25, 0.3) is 0 Å². The highest BCUT2D eigenvalue weighted by molar-refractivity contribution is 6.04. The van der Waals surface area contributed by atoms with Crippen molar-refractivity contribution in [3.8, 4) is 0 Å². The molecule has 0 atom stereocenters. The number of carbonyl (C=O) groups excluding carboxylic acids is 1. The number of hydrogen-bond acceptors (Lipinski definition) is 4. The molecule has 84 valence electrons. The van der Waals surface area contributed by atoms with Gasteiger partial charge in [0.05, 0.1) is 0 Å². The Hall–Kier alpha value is -1.85. The number of carboxylic acid groups (broad SMARTS) is 2. The number of carbonyl (C=O) groups is 3. The summed E-state index contributed by atoms with van der Waals surface area (Å²) in [5, 5.41) is 17.6. The van der Waals surface area contributed by atoms with Crippen LogP contribution in [0, 0.1) is 0 Å². The topological polar surface area (TPSA) is 101 Å². The van der Waals surface area contributed by atoms with Crippen LogP contribution in [-0.2, 0) is 19.1 Å². The van der Waals surface area contributed by atoms with Crippen molar-refractivity contribution in [3.05, 3.63) is 12.7 Å². The molecular formula is C9H12O6. The van der Waals surface area contributed by atoms with Gasteiger partial charge in [-0.25, -0.2) is 14.4 Å². The predicted molar refractivity (Wildman–Crippen MR) is 49.2 cm³/mol. The Morgan fingerprint density at radius 2 is 1.80 bits per heavy atom. The van der Waals surface area contributed by atoms with Crippen molar-refractivity contribution >= 4 is 17.9 Å². The van der Waals surface area contributed by atoms with Crippen LogP contribution in [0.15, 0.2) is 12.7 Å². The summed E-state index contributed by atoms with van der Waals surface area (Å²) in [4.78, 5) is 32.5. The van der Waals surface area contributed by atoms with E-state index >= 15 is 0 Å². The van der Waals surface area contributed by atoms with Crippen molar-refractivity contribution in [2.24, 2.45) is 0 Å². The lowest BCUT2D eigenvalue weighted by Gasteiger charge is -2.23. The molecule has 0 aliphatic carbocycles. The second-order valence-electron chi connectivity index (χ2n) is 2.81. The standard InChI is InChI=1S/C9H12O6/c1-3-5-9(7(11)12,8(13)14)15-6(10)4-2/h4H,2-3,5H2,1H3,(H,11,12)(H,13,14). The molecule has 0 spiro atoms. The van der Waals surface area contributed by atoms with E-state index in [0.717, 1.165) is 6.08 Å². The first-order chi connectivity index (χ1) is 6.90. The van der Waals surface area contributed by atoms with Crippen molar-refractivity contribution in [2.75, 3.05) is 0 Å². The summed E-state index contributed by atoms with van der Waals surface area (Å²) < 4.78 is 4.39. The third-order valence-corrected chi connectivity index (χ3v) is 1.73. The highest BCUT2D eigenvalue weighted by Crippen LogP contribution is 2.20. The van der Waals surface area contributed by atoms with Gasteiger partial charge in [-0.15, -0.1) is 0 Å². The molecule has 6 nitrogen and oxygen atoms in total. The first-order valence-electron chi connectivity index (χ1n) is 4.23. The lowest BCUT2D eigenvalue weighted by Crippen LogP contribution is -2.50. The van der Waals surface area contributed by atoms with Crippen LogP contribution >= 0.6 is 0 Å². The van der Waals surface area contributed by atoms with Gasteiger partial charge < -0.3 is 14.9 Å². The molecule has 0 aliphatic heterocycles. The van der Waals surface area contributed by atoms with Gasteiger partial charge in [-0.3, -0.25) is 0 Å². The highest BCUT2D eigenvalue weighted by atomic mass is 16.6. The summed E-state index contributed by atoms with van der Waals surface area (Å²) in [6.07, 6.45) is 0.677. The van der Waals surface area contributed by atoms with Crippen LogP contribution in [0.3, 0.4) is 0 Å². The SMILES string of the molecule is C=CC(=O)OC(CCC)(C(=O)O)C(=O)O. The van der Waals surface area contributed by atoms with Gasteiger partial charge in [0.1, 0.15) is 0 Å². The first kappa shape index (κ1) is 13.2. The fourth-order valence-corrected chi connectivity index (χ4v) is 1.01. The van der Waals surface area contributed by atoms with Gasteiger partial charge >= 0.3 is 23.5 Å². The van der Waals surface area contributed by atoms with Crippen LogP contribution in [0.4, 0.5) is 0 Å². The lowest BCUT2D eigenvalue weighted by molar-refractivity contribution is -0.189. The number of ether oxygens (including phenoxy) is 1. The molecule has 0 fully saturated rings. The molecule has 0 unspecified atom stereocenters. The van der Waals surface area contributed by atoms with Crippen molar-refractivity contribution in [1.82, 2.24) is 0 Å². The second kappa shape index (κ2) is 5.14. The largest absolute Gasteiger partial charge is 0.478 e. The van der Waals surface area contributed by atoms with E-state index in [4.69, 9.17) is 10.2 Å². The quantitative estimate of drug-likeness (QED) is 0.379. The Morgan fingerprint density at radius 1 is 1.33 bits per heavy atom. The summed E-state index contributed by atoms with van der Waals surface area (Å²) in [7, 11) is 0. The summed E-state index contributed by atoms with van der Waals surface area (Å²) in [5.74, 6) is -4.48. The van der Waals surface area contributed by atoms with E-state index in [1.165, 1.54) is 0 Å². The van der Waals surface area contributed by atoms with Crippen LogP contribution in [0.2, 0.25) is 0 Å². The fourth-order valence-electron chi connectivity index (χ4n) is 1.01. The Labute approximate surface area is 86.2 Å². The summed E-state index contributed by atoms with van der Waals surface area (Å²) in [6, 6.07) is 0. The van der Waals surface area contributed by atoms with Gasteiger partial charge in [0.2, 0.25) is 0 Å². The maximum Gasteiger partial charge on any atom is 0.360 e. The van der Waals surface area contributed by atoms with Crippen LogP contribution in [0.25, 0.3) is 0 Å². The van der Waals surface area contributed by atoms with Gasteiger partial charge in [0.15, 0.2) is 0 Å². The van der Waals surface area contributed by atoms with Crippen molar-refractivity contribution in [1.29, 1.82) is 0 Å². The average molecular weight is 216 g/mol. The molecule has 0 saturated carbocycles. The highest BCUT2D eigenvalue weighted by Gasteiger charge is 2.49. The normalized spacial score (nSPS) is 10.5. The Bertz CT molecular complexity index is 279. The smallest absolute Gasteiger partial charge is 0.360 e. The van der Waals surface area contributed by atoms with E-state index in [1.807, 2.05) is 0 Å². The van der Waals surface area contributed by atoms with Gasteiger partial charge in [0, 0.05) is 12.5 Å².